The van der Waals surface area contributed by atoms with E-state index < -0.39 is 0 Å². The number of nitrogens with one attached hydrogen (secondary N) is 3. The maximum Gasteiger partial charge on any atom is 0.317 e. The molecule has 162 valence electrons. The van der Waals surface area contributed by atoms with Gasteiger partial charge in [0.1, 0.15) is 11.6 Å². The summed E-state index contributed by atoms with van der Waals surface area (Å²) in [4.78, 5) is 23.9. The zero-order chi connectivity index (χ0) is 21.3. The van der Waals surface area contributed by atoms with E-state index in [1.54, 1.807) is 0 Å². The number of nitrogens with zero attached hydrogens (tertiary/aromatic N) is 4. The summed E-state index contributed by atoms with van der Waals surface area (Å²) in [5.41, 5.74) is 1.89. The minimum atomic E-state index is -0.204. The van der Waals surface area contributed by atoms with Crippen LogP contribution in [-0.2, 0) is 6.42 Å². The third kappa shape index (κ3) is 5.49. The van der Waals surface area contributed by atoms with Crippen molar-refractivity contribution in [1.82, 2.24) is 30.4 Å². The maximum atomic E-state index is 12.4. The largest absolute Gasteiger partial charge is 0.333 e. The van der Waals surface area contributed by atoms with E-state index in [1.165, 1.54) is 12.8 Å². The van der Waals surface area contributed by atoms with Crippen LogP contribution in [-0.4, -0.2) is 49.7 Å². The first kappa shape index (κ1) is 20.6. The number of aromatic nitrogens is 4. The maximum absolute atomic E-state index is 12.4. The third-order valence-corrected chi connectivity index (χ3v) is 5.58. The molecular weight excluding hydrogens is 378 g/mol. The highest BCUT2D eigenvalue weighted by Crippen LogP contribution is 2.39. The number of likely N-dealkylation sites (tertiary alicyclic amines) is 1. The second-order valence-electron chi connectivity index (χ2n) is 9.75. The SMILES string of the molecule is Cc1cc(Nc2cc(CC3CCN(C(=O)NC(C)(C)C)CC3)nc(C3CC3)n2)n[nH]1. The van der Waals surface area contributed by atoms with Crippen molar-refractivity contribution in [2.24, 2.45) is 5.92 Å². The molecule has 2 aliphatic rings. The van der Waals surface area contributed by atoms with Crippen LogP contribution in [0.1, 0.15) is 69.6 Å². The van der Waals surface area contributed by atoms with E-state index in [-0.39, 0.29) is 11.6 Å². The summed E-state index contributed by atoms with van der Waals surface area (Å²) >= 11 is 0. The molecule has 0 bridgehead atoms. The van der Waals surface area contributed by atoms with Crippen molar-refractivity contribution in [3.63, 3.8) is 0 Å². The van der Waals surface area contributed by atoms with E-state index in [0.29, 0.717) is 11.8 Å². The average molecular weight is 412 g/mol. The molecule has 2 aromatic heterocycles. The number of H-pyrrole nitrogens is 1. The Morgan fingerprint density at radius 3 is 2.47 bits per heavy atom. The number of amides is 2. The van der Waals surface area contributed by atoms with Gasteiger partial charge in [0.15, 0.2) is 5.82 Å². The second-order valence-corrected chi connectivity index (χ2v) is 9.75. The van der Waals surface area contributed by atoms with Gasteiger partial charge in [0.05, 0.1) is 0 Å². The molecule has 0 spiro atoms. The fourth-order valence-corrected chi connectivity index (χ4v) is 3.86. The second kappa shape index (κ2) is 8.24. The Balaban J connectivity index is 1.39. The Kier molecular flexibility index (Phi) is 5.66. The minimum Gasteiger partial charge on any atom is -0.333 e. The van der Waals surface area contributed by atoms with Crippen LogP contribution in [0, 0.1) is 12.8 Å². The number of piperidine rings is 1. The van der Waals surface area contributed by atoms with Crippen LogP contribution in [0.5, 0.6) is 0 Å². The van der Waals surface area contributed by atoms with E-state index in [9.17, 15) is 4.79 Å². The number of rotatable bonds is 5. The number of anilines is 2. The lowest BCUT2D eigenvalue weighted by molar-refractivity contribution is 0.163. The molecule has 1 aliphatic heterocycles. The third-order valence-electron chi connectivity index (χ3n) is 5.58. The fourth-order valence-electron chi connectivity index (χ4n) is 3.86. The van der Waals surface area contributed by atoms with Gasteiger partial charge in [-0.15, -0.1) is 0 Å². The monoisotopic (exact) mass is 411 g/mol. The van der Waals surface area contributed by atoms with Gasteiger partial charge in [0.2, 0.25) is 0 Å². The van der Waals surface area contributed by atoms with Gasteiger partial charge in [-0.25, -0.2) is 14.8 Å². The lowest BCUT2D eigenvalue weighted by Crippen LogP contribution is -2.50. The smallest absolute Gasteiger partial charge is 0.317 e. The molecule has 30 heavy (non-hydrogen) atoms. The van der Waals surface area contributed by atoms with Crippen LogP contribution in [0.2, 0.25) is 0 Å². The van der Waals surface area contributed by atoms with E-state index >= 15 is 0 Å². The van der Waals surface area contributed by atoms with Gasteiger partial charge in [0, 0.05) is 48.1 Å². The standard InChI is InChI=1S/C22H33N7O/c1-14-11-19(28-27-14)24-18-13-17(23-20(25-18)16-5-6-16)12-15-7-9-29(10-8-15)21(30)26-22(2,3)4/h11,13,15-16H,5-10,12H2,1-4H3,(H,26,30)(H2,23,24,25,27,28). The highest BCUT2D eigenvalue weighted by molar-refractivity contribution is 5.75. The van der Waals surface area contributed by atoms with Crippen molar-refractivity contribution in [2.45, 2.75) is 71.3 Å². The topological polar surface area (TPSA) is 98.8 Å². The van der Waals surface area contributed by atoms with Crippen molar-refractivity contribution in [2.75, 3.05) is 18.4 Å². The molecule has 3 N–H and O–H groups in total. The van der Waals surface area contributed by atoms with Gasteiger partial charge in [0.25, 0.3) is 0 Å². The molecule has 0 aromatic carbocycles. The van der Waals surface area contributed by atoms with E-state index in [4.69, 9.17) is 9.97 Å². The number of aryl methyl sites for hydroxylation is 1. The van der Waals surface area contributed by atoms with Gasteiger partial charge in [-0.1, -0.05) is 0 Å². The fraction of sp³-hybridized carbons (Fsp3) is 0.636. The first-order valence-electron chi connectivity index (χ1n) is 11.0. The summed E-state index contributed by atoms with van der Waals surface area (Å²) in [5, 5.41) is 13.6. The molecule has 0 radical (unpaired) electrons. The van der Waals surface area contributed by atoms with Gasteiger partial charge in [-0.05, 0) is 65.7 Å². The number of hydrogen-bond donors (Lipinski definition) is 3. The highest BCUT2D eigenvalue weighted by Gasteiger charge is 2.29. The molecule has 1 saturated carbocycles. The Morgan fingerprint density at radius 1 is 1.13 bits per heavy atom. The number of carbonyl (C=O) groups excluding carboxylic acids is 1. The molecule has 1 saturated heterocycles. The zero-order valence-electron chi connectivity index (χ0n) is 18.5. The van der Waals surface area contributed by atoms with Crippen LogP contribution in [0.4, 0.5) is 16.4 Å². The summed E-state index contributed by atoms with van der Waals surface area (Å²) in [7, 11) is 0. The molecule has 2 aromatic rings. The molecule has 0 unspecified atom stereocenters. The summed E-state index contributed by atoms with van der Waals surface area (Å²) in [6.07, 6.45) is 5.27. The van der Waals surface area contributed by atoms with Crippen molar-refractivity contribution in [3.05, 3.63) is 29.3 Å². The van der Waals surface area contributed by atoms with Gasteiger partial charge >= 0.3 is 6.03 Å². The first-order valence-corrected chi connectivity index (χ1v) is 11.0. The Labute approximate surface area is 178 Å². The van der Waals surface area contributed by atoms with Crippen molar-refractivity contribution >= 4 is 17.7 Å². The number of aromatic amines is 1. The first-order chi connectivity index (χ1) is 14.2. The van der Waals surface area contributed by atoms with E-state index in [0.717, 1.165) is 61.2 Å². The molecule has 8 nitrogen and oxygen atoms in total. The number of urea groups is 1. The quantitative estimate of drug-likeness (QED) is 0.693. The summed E-state index contributed by atoms with van der Waals surface area (Å²) in [6.45, 7) is 9.61. The minimum absolute atomic E-state index is 0.0415. The van der Waals surface area contributed by atoms with Gasteiger partial charge in [-0.3, -0.25) is 5.10 Å². The zero-order valence-corrected chi connectivity index (χ0v) is 18.5. The Bertz CT molecular complexity index is 889. The molecule has 8 heteroatoms. The van der Waals surface area contributed by atoms with Crippen LogP contribution < -0.4 is 10.6 Å². The summed E-state index contributed by atoms with van der Waals surface area (Å²) in [6, 6.07) is 4.06. The summed E-state index contributed by atoms with van der Waals surface area (Å²) < 4.78 is 0. The van der Waals surface area contributed by atoms with Crippen LogP contribution in [0.15, 0.2) is 12.1 Å². The molecule has 0 atom stereocenters. The van der Waals surface area contributed by atoms with E-state index in [2.05, 4.69) is 26.9 Å². The Morgan fingerprint density at radius 2 is 1.87 bits per heavy atom. The van der Waals surface area contributed by atoms with Gasteiger partial charge in [-0.2, -0.15) is 5.10 Å². The number of hydrogen-bond acceptors (Lipinski definition) is 5. The van der Waals surface area contributed by atoms with Gasteiger partial charge < -0.3 is 15.5 Å². The van der Waals surface area contributed by atoms with Crippen molar-refractivity contribution < 1.29 is 4.79 Å². The summed E-state index contributed by atoms with van der Waals surface area (Å²) in [5.74, 6) is 3.57. The number of carbonyl (C=O) groups is 1. The molecule has 2 amide bonds. The van der Waals surface area contributed by atoms with E-state index in [1.807, 2.05) is 38.7 Å². The molecule has 1 aliphatic carbocycles. The lowest BCUT2D eigenvalue weighted by atomic mass is 9.92. The molecule has 2 fully saturated rings. The molecular formula is C22H33N7O. The van der Waals surface area contributed by atoms with Crippen LogP contribution >= 0.6 is 0 Å². The highest BCUT2D eigenvalue weighted by atomic mass is 16.2. The van der Waals surface area contributed by atoms with Crippen molar-refractivity contribution in [3.8, 4) is 0 Å². The van der Waals surface area contributed by atoms with Crippen LogP contribution in [0.3, 0.4) is 0 Å². The lowest BCUT2D eigenvalue weighted by Gasteiger charge is -2.34. The Hall–Kier alpha value is -2.64. The van der Waals surface area contributed by atoms with Crippen LogP contribution in [0.25, 0.3) is 0 Å². The predicted molar refractivity (Wildman–Crippen MR) is 117 cm³/mol. The predicted octanol–water partition coefficient (Wildman–Crippen LogP) is 3.89. The normalized spacial score (nSPS) is 17.8. The van der Waals surface area contributed by atoms with Crippen molar-refractivity contribution in [1.29, 1.82) is 0 Å². The molecule has 4 rings (SSSR count). The molecule has 3 heterocycles. The average Bonchev–Trinajstić information content (AvgIpc) is 3.44.